The lowest BCUT2D eigenvalue weighted by molar-refractivity contribution is -0.132. The van der Waals surface area contributed by atoms with Gasteiger partial charge in [0, 0.05) is 11.4 Å². The van der Waals surface area contributed by atoms with Crippen LogP contribution < -0.4 is 25.0 Å². The number of carbonyl (C=O) groups is 2. The van der Waals surface area contributed by atoms with Crippen molar-refractivity contribution >= 4 is 41.2 Å². The Morgan fingerprint density at radius 3 is 2.28 bits per heavy atom. The van der Waals surface area contributed by atoms with Crippen molar-refractivity contribution in [3.63, 3.8) is 0 Å². The van der Waals surface area contributed by atoms with Crippen molar-refractivity contribution in [3.05, 3.63) is 87.9 Å². The number of methoxy groups -OCH3 is 1. The molecule has 2 atom stereocenters. The molecule has 0 radical (unpaired) electrons. The summed E-state index contributed by atoms with van der Waals surface area (Å²) in [5.41, 5.74) is 4.06. The van der Waals surface area contributed by atoms with Crippen molar-refractivity contribution in [1.82, 2.24) is 10.7 Å². The van der Waals surface area contributed by atoms with E-state index < -0.39 is 24.0 Å². The summed E-state index contributed by atoms with van der Waals surface area (Å²) >= 11 is 12.1. The lowest BCUT2D eigenvalue weighted by Gasteiger charge is -2.21. The second kappa shape index (κ2) is 14.4. The highest BCUT2D eigenvalue weighted by Gasteiger charge is 2.25. The molecule has 0 aromatic heterocycles. The number of carbonyl (C=O) groups excluding carboxylic acids is 2. The minimum atomic E-state index is -0.933. The van der Waals surface area contributed by atoms with Crippen LogP contribution in [0, 0.1) is 0 Å². The van der Waals surface area contributed by atoms with Crippen LogP contribution in [-0.4, -0.2) is 43.4 Å². The van der Waals surface area contributed by atoms with E-state index in [1.54, 1.807) is 44.4 Å². The Balaban J connectivity index is 1.69. The smallest absolute Gasteiger partial charge is 0.262 e. The molecule has 3 aromatic rings. The number of rotatable bonds is 12. The number of hydrogen-bond acceptors (Lipinski definition) is 6. The molecule has 3 rings (SSSR count). The Kier molecular flexibility index (Phi) is 11.0. The molecule has 0 heterocycles. The lowest BCUT2D eigenvalue weighted by Crippen LogP contribution is -2.50. The fourth-order valence-corrected chi connectivity index (χ4v) is 3.98. The van der Waals surface area contributed by atoms with Crippen LogP contribution in [0.4, 0.5) is 0 Å². The first-order chi connectivity index (χ1) is 18.7. The Bertz CT molecular complexity index is 1300. The third kappa shape index (κ3) is 9.19. The number of nitrogens with zero attached hydrogens (tertiary/aromatic N) is 1. The molecule has 8 nitrogen and oxygen atoms in total. The summed E-state index contributed by atoms with van der Waals surface area (Å²) < 4.78 is 16.8. The summed E-state index contributed by atoms with van der Waals surface area (Å²) in [6.07, 6.45) is 0.787. The standard InChI is InChI=1S/C29H31Cl2N3O5/c1-18(2)38-26-12-10-21(15-27(26)37-4)17-32-34-29(36)24(14-20-8-6-5-7-9-20)33-28(35)19(3)39-25-13-11-22(30)16-23(25)31/h5-13,15-19,24H,14H2,1-4H3,(H,33,35)(H,34,36)/b32-17-/t19-,24+/m1/s1. The maximum absolute atomic E-state index is 13.1. The normalized spacial score (nSPS) is 12.6. The van der Waals surface area contributed by atoms with Gasteiger partial charge in [-0.25, -0.2) is 5.43 Å². The number of amides is 2. The maximum Gasteiger partial charge on any atom is 0.262 e. The van der Waals surface area contributed by atoms with E-state index in [1.807, 2.05) is 44.2 Å². The Hall–Kier alpha value is -3.75. The molecule has 0 aliphatic carbocycles. The first-order valence-corrected chi connectivity index (χ1v) is 13.1. The van der Waals surface area contributed by atoms with Gasteiger partial charge in [0.15, 0.2) is 17.6 Å². The fourth-order valence-electron chi connectivity index (χ4n) is 3.53. The van der Waals surface area contributed by atoms with Gasteiger partial charge < -0.3 is 19.5 Å². The van der Waals surface area contributed by atoms with E-state index in [1.165, 1.54) is 12.3 Å². The predicted octanol–water partition coefficient (Wildman–Crippen LogP) is 5.43. The Labute approximate surface area is 238 Å². The molecule has 0 saturated heterocycles. The average Bonchev–Trinajstić information content (AvgIpc) is 2.90. The van der Waals surface area contributed by atoms with E-state index in [4.69, 9.17) is 37.4 Å². The SMILES string of the molecule is COc1cc(/C=N\NC(=O)[C@H](Cc2ccccc2)NC(=O)[C@@H](C)Oc2ccc(Cl)cc2Cl)ccc1OC(C)C. The van der Waals surface area contributed by atoms with Gasteiger partial charge in [-0.2, -0.15) is 5.10 Å². The van der Waals surface area contributed by atoms with Crippen molar-refractivity contribution in [2.75, 3.05) is 7.11 Å². The quantitative estimate of drug-likeness (QED) is 0.223. The second-order valence-corrected chi connectivity index (χ2v) is 9.74. The number of ether oxygens (including phenoxy) is 3. The summed E-state index contributed by atoms with van der Waals surface area (Å²) in [4.78, 5) is 26.0. The highest BCUT2D eigenvalue weighted by Crippen LogP contribution is 2.29. The van der Waals surface area contributed by atoms with Crippen molar-refractivity contribution in [1.29, 1.82) is 0 Å². The topological polar surface area (TPSA) is 98.2 Å². The lowest BCUT2D eigenvalue weighted by atomic mass is 10.1. The van der Waals surface area contributed by atoms with E-state index in [0.717, 1.165) is 5.56 Å². The molecule has 3 aromatic carbocycles. The van der Waals surface area contributed by atoms with Gasteiger partial charge in [0.05, 0.1) is 24.5 Å². The fraction of sp³-hybridized carbons (Fsp3) is 0.276. The van der Waals surface area contributed by atoms with E-state index in [2.05, 4.69) is 15.8 Å². The largest absolute Gasteiger partial charge is 0.493 e. The minimum Gasteiger partial charge on any atom is -0.493 e. The van der Waals surface area contributed by atoms with Crippen molar-refractivity contribution < 1.29 is 23.8 Å². The highest BCUT2D eigenvalue weighted by molar-refractivity contribution is 6.35. The Morgan fingerprint density at radius 2 is 1.62 bits per heavy atom. The van der Waals surface area contributed by atoms with Gasteiger partial charge in [-0.15, -0.1) is 0 Å². The van der Waals surface area contributed by atoms with Crippen LogP contribution in [0.3, 0.4) is 0 Å². The number of hydrogen-bond donors (Lipinski definition) is 2. The van der Waals surface area contributed by atoms with E-state index >= 15 is 0 Å². The molecule has 0 bridgehead atoms. The number of halogens is 2. The first-order valence-electron chi connectivity index (χ1n) is 12.3. The third-order valence-corrected chi connectivity index (χ3v) is 5.95. The van der Waals surface area contributed by atoms with E-state index in [9.17, 15) is 9.59 Å². The van der Waals surface area contributed by atoms with Crippen molar-refractivity contribution in [2.24, 2.45) is 5.10 Å². The molecule has 2 N–H and O–H groups in total. The number of hydrazone groups is 1. The third-order valence-electron chi connectivity index (χ3n) is 5.42. The van der Waals surface area contributed by atoms with Crippen molar-refractivity contribution in [2.45, 2.75) is 45.4 Å². The van der Waals surface area contributed by atoms with Crippen LogP contribution >= 0.6 is 23.2 Å². The predicted molar refractivity (Wildman–Crippen MR) is 153 cm³/mol. The van der Waals surface area contributed by atoms with Crippen LogP contribution in [0.1, 0.15) is 31.9 Å². The van der Waals surface area contributed by atoms with Gasteiger partial charge in [0.1, 0.15) is 11.8 Å². The molecule has 39 heavy (non-hydrogen) atoms. The van der Waals surface area contributed by atoms with Crippen LogP contribution in [0.25, 0.3) is 0 Å². The first kappa shape index (κ1) is 29.8. The molecule has 0 saturated carbocycles. The van der Waals surface area contributed by atoms with Crippen LogP contribution in [0.2, 0.25) is 10.0 Å². The van der Waals surface area contributed by atoms with Crippen LogP contribution in [0.5, 0.6) is 17.2 Å². The zero-order chi connectivity index (χ0) is 28.4. The van der Waals surface area contributed by atoms with Crippen LogP contribution in [-0.2, 0) is 16.0 Å². The van der Waals surface area contributed by atoms with Gasteiger partial charge in [0.25, 0.3) is 11.8 Å². The molecule has 2 amide bonds. The molecule has 0 aliphatic heterocycles. The monoisotopic (exact) mass is 571 g/mol. The summed E-state index contributed by atoms with van der Waals surface area (Å²) in [6, 6.07) is 18.4. The van der Waals surface area contributed by atoms with Gasteiger partial charge in [0.2, 0.25) is 0 Å². The molecule has 0 fully saturated rings. The van der Waals surface area contributed by atoms with Gasteiger partial charge in [-0.05, 0) is 68.3 Å². The molecular weight excluding hydrogens is 541 g/mol. The number of benzene rings is 3. The van der Waals surface area contributed by atoms with E-state index in [0.29, 0.717) is 27.8 Å². The summed E-state index contributed by atoms with van der Waals surface area (Å²) in [6.45, 7) is 5.42. The molecule has 0 spiro atoms. The van der Waals surface area contributed by atoms with Crippen LogP contribution in [0.15, 0.2) is 71.8 Å². The zero-order valence-electron chi connectivity index (χ0n) is 22.1. The summed E-state index contributed by atoms with van der Waals surface area (Å²) in [5, 5.41) is 7.55. The van der Waals surface area contributed by atoms with Gasteiger partial charge in [-0.3, -0.25) is 9.59 Å². The highest BCUT2D eigenvalue weighted by atomic mass is 35.5. The Morgan fingerprint density at radius 1 is 0.897 bits per heavy atom. The van der Waals surface area contributed by atoms with Gasteiger partial charge in [-0.1, -0.05) is 53.5 Å². The second-order valence-electron chi connectivity index (χ2n) is 8.90. The zero-order valence-corrected chi connectivity index (χ0v) is 23.6. The minimum absolute atomic E-state index is 0.00856. The molecule has 206 valence electrons. The van der Waals surface area contributed by atoms with Crippen molar-refractivity contribution in [3.8, 4) is 17.2 Å². The average molecular weight is 572 g/mol. The number of nitrogens with one attached hydrogen (secondary N) is 2. The van der Waals surface area contributed by atoms with Gasteiger partial charge >= 0.3 is 0 Å². The molecular formula is C29H31Cl2N3O5. The maximum atomic E-state index is 13.1. The van der Waals surface area contributed by atoms with E-state index in [-0.39, 0.29) is 17.5 Å². The molecule has 10 heteroatoms. The molecule has 0 unspecified atom stereocenters. The summed E-state index contributed by atoms with van der Waals surface area (Å²) in [5.74, 6) is 0.467. The summed E-state index contributed by atoms with van der Waals surface area (Å²) in [7, 11) is 1.55. The molecule has 0 aliphatic rings.